The van der Waals surface area contributed by atoms with E-state index in [0.29, 0.717) is 17.1 Å². The lowest BCUT2D eigenvalue weighted by Crippen LogP contribution is -1.96. The Balaban J connectivity index is 2.45. The van der Waals surface area contributed by atoms with Crippen molar-refractivity contribution < 1.29 is 9.47 Å². The Morgan fingerprint density at radius 1 is 1.04 bits per heavy atom. The maximum atomic E-state index is 9.65. The monoisotopic (exact) mass is 324 g/mol. The lowest BCUT2D eigenvalue weighted by molar-refractivity contribution is 0.356. The lowest BCUT2D eigenvalue weighted by Gasteiger charge is -2.11. The van der Waals surface area contributed by atoms with E-state index >= 15 is 0 Å². The molecular formula is C18H16N2O2S. The summed E-state index contributed by atoms with van der Waals surface area (Å²) in [5.74, 6) is 1.26. The molecule has 0 aliphatic rings. The minimum absolute atomic E-state index is 0.620. The first kappa shape index (κ1) is 15.3. The molecule has 0 aliphatic heterocycles. The van der Waals surface area contributed by atoms with Crippen LogP contribution in [0.15, 0.2) is 47.5 Å². The van der Waals surface area contributed by atoms with Gasteiger partial charge in [0.2, 0.25) is 0 Å². The zero-order valence-corrected chi connectivity index (χ0v) is 14.0. The second kappa shape index (κ2) is 6.27. The fourth-order valence-corrected chi connectivity index (χ4v) is 3.47. The van der Waals surface area contributed by atoms with E-state index in [-0.39, 0.29) is 0 Å². The molecule has 0 unspecified atom stereocenters. The molecule has 116 valence electrons. The molecule has 0 N–H and O–H groups in total. The van der Waals surface area contributed by atoms with Crippen LogP contribution in [0.25, 0.3) is 16.6 Å². The van der Waals surface area contributed by atoms with Crippen LogP contribution in [0.2, 0.25) is 0 Å². The number of hydrogen-bond acceptors (Lipinski definition) is 4. The van der Waals surface area contributed by atoms with Gasteiger partial charge in [0.05, 0.1) is 30.3 Å². The van der Waals surface area contributed by atoms with Crippen LogP contribution in [0.4, 0.5) is 0 Å². The van der Waals surface area contributed by atoms with Gasteiger partial charge in [-0.15, -0.1) is 11.8 Å². The van der Waals surface area contributed by atoms with Gasteiger partial charge < -0.3 is 14.0 Å². The Labute approximate surface area is 139 Å². The van der Waals surface area contributed by atoms with Crippen molar-refractivity contribution in [1.82, 2.24) is 4.57 Å². The summed E-state index contributed by atoms with van der Waals surface area (Å²) in [6.45, 7) is 0. The van der Waals surface area contributed by atoms with Crippen molar-refractivity contribution in [3.05, 3.63) is 48.0 Å². The van der Waals surface area contributed by atoms with Gasteiger partial charge in [-0.2, -0.15) is 5.26 Å². The van der Waals surface area contributed by atoms with Gasteiger partial charge in [0.25, 0.3) is 0 Å². The number of ether oxygens (including phenoxy) is 2. The molecular weight excluding hydrogens is 308 g/mol. The van der Waals surface area contributed by atoms with Gasteiger partial charge in [0.1, 0.15) is 6.07 Å². The van der Waals surface area contributed by atoms with E-state index in [1.807, 2.05) is 48.7 Å². The van der Waals surface area contributed by atoms with E-state index in [4.69, 9.17) is 9.47 Å². The van der Waals surface area contributed by atoms with Gasteiger partial charge in [0, 0.05) is 17.1 Å². The van der Waals surface area contributed by atoms with Crippen LogP contribution in [0.1, 0.15) is 5.56 Å². The SMILES string of the molecule is COc1cc2c(C#N)c(SC)n(-c3ccccc3)c2cc1OC. The molecule has 0 saturated carbocycles. The highest BCUT2D eigenvalue weighted by Gasteiger charge is 2.20. The van der Waals surface area contributed by atoms with E-state index in [1.165, 1.54) is 0 Å². The van der Waals surface area contributed by atoms with E-state index in [9.17, 15) is 5.26 Å². The standard InChI is InChI=1S/C18H16N2O2S/c1-21-16-9-13-14(11-19)18(23-3)20(12-7-5-4-6-8-12)15(13)10-17(16)22-2/h4-10H,1-3H3. The lowest BCUT2D eigenvalue weighted by atomic mass is 10.1. The molecule has 0 fully saturated rings. The second-order valence-corrected chi connectivity index (χ2v) is 5.69. The topological polar surface area (TPSA) is 47.2 Å². The number of methoxy groups -OCH3 is 2. The Morgan fingerprint density at radius 2 is 1.70 bits per heavy atom. The van der Waals surface area contributed by atoms with Crippen LogP contribution in [-0.4, -0.2) is 25.0 Å². The van der Waals surface area contributed by atoms with Crippen LogP contribution in [0.5, 0.6) is 11.5 Å². The first-order valence-corrected chi connectivity index (χ1v) is 8.27. The molecule has 23 heavy (non-hydrogen) atoms. The molecule has 0 saturated heterocycles. The number of nitrogens with zero attached hydrogens (tertiary/aromatic N) is 2. The van der Waals surface area contributed by atoms with Crippen LogP contribution in [0, 0.1) is 11.3 Å². The van der Waals surface area contributed by atoms with Gasteiger partial charge in [-0.1, -0.05) is 18.2 Å². The van der Waals surface area contributed by atoms with Crippen molar-refractivity contribution in [2.45, 2.75) is 5.03 Å². The molecule has 4 nitrogen and oxygen atoms in total. The highest BCUT2D eigenvalue weighted by Crippen LogP contribution is 2.40. The number of rotatable bonds is 4. The number of benzene rings is 2. The smallest absolute Gasteiger partial charge is 0.162 e. The van der Waals surface area contributed by atoms with Crippen molar-refractivity contribution >= 4 is 22.7 Å². The van der Waals surface area contributed by atoms with Crippen LogP contribution in [-0.2, 0) is 0 Å². The van der Waals surface area contributed by atoms with Crippen LogP contribution in [0.3, 0.4) is 0 Å². The Morgan fingerprint density at radius 3 is 2.26 bits per heavy atom. The molecule has 5 heteroatoms. The normalized spacial score (nSPS) is 10.5. The molecule has 2 aromatic carbocycles. The summed E-state index contributed by atoms with van der Waals surface area (Å²) in [6, 6.07) is 16.1. The van der Waals surface area contributed by atoms with Crippen molar-refractivity contribution in [1.29, 1.82) is 5.26 Å². The largest absolute Gasteiger partial charge is 0.493 e. The van der Waals surface area contributed by atoms with Gasteiger partial charge >= 0.3 is 0 Å². The van der Waals surface area contributed by atoms with Crippen molar-refractivity contribution in [3.8, 4) is 23.3 Å². The summed E-state index contributed by atoms with van der Waals surface area (Å²) in [5.41, 5.74) is 2.59. The number of thioether (sulfide) groups is 1. The summed E-state index contributed by atoms with van der Waals surface area (Å²) < 4.78 is 12.9. The van der Waals surface area contributed by atoms with Gasteiger partial charge in [-0.25, -0.2) is 0 Å². The molecule has 0 radical (unpaired) electrons. The van der Waals surface area contributed by atoms with Gasteiger partial charge in [-0.3, -0.25) is 0 Å². The molecule has 0 bridgehead atoms. The first-order chi connectivity index (χ1) is 11.2. The number of fused-ring (bicyclic) bond motifs is 1. The zero-order valence-electron chi connectivity index (χ0n) is 13.2. The maximum absolute atomic E-state index is 9.65. The van der Waals surface area contributed by atoms with E-state index in [1.54, 1.807) is 26.0 Å². The zero-order chi connectivity index (χ0) is 16.4. The number of nitriles is 1. The van der Waals surface area contributed by atoms with Gasteiger partial charge in [-0.05, 0) is 24.5 Å². The van der Waals surface area contributed by atoms with Crippen molar-refractivity contribution in [2.75, 3.05) is 20.5 Å². The summed E-state index contributed by atoms with van der Waals surface area (Å²) in [5, 5.41) is 11.4. The third-order valence-corrected chi connectivity index (χ3v) is 4.52. The van der Waals surface area contributed by atoms with Gasteiger partial charge in [0.15, 0.2) is 11.5 Å². The van der Waals surface area contributed by atoms with Crippen molar-refractivity contribution in [3.63, 3.8) is 0 Å². The number of aromatic nitrogens is 1. The summed E-state index contributed by atoms with van der Waals surface area (Å²) in [7, 11) is 3.21. The first-order valence-electron chi connectivity index (χ1n) is 7.05. The minimum Gasteiger partial charge on any atom is -0.493 e. The summed E-state index contributed by atoms with van der Waals surface area (Å²) >= 11 is 1.55. The predicted octanol–water partition coefficient (Wildman–Crippen LogP) is 4.24. The highest BCUT2D eigenvalue weighted by molar-refractivity contribution is 7.98. The Kier molecular flexibility index (Phi) is 4.18. The average Bonchev–Trinajstić information content (AvgIpc) is 2.93. The number of hydrogen-bond donors (Lipinski definition) is 0. The average molecular weight is 324 g/mol. The van der Waals surface area contributed by atoms with Crippen LogP contribution >= 0.6 is 11.8 Å². The molecule has 3 rings (SSSR count). The molecule has 0 aliphatic carbocycles. The minimum atomic E-state index is 0.620. The fourth-order valence-electron chi connectivity index (χ4n) is 2.72. The molecule has 0 atom stereocenters. The Bertz CT molecular complexity index is 895. The van der Waals surface area contributed by atoms with E-state index < -0.39 is 0 Å². The highest BCUT2D eigenvalue weighted by atomic mass is 32.2. The second-order valence-electron chi connectivity index (χ2n) is 4.89. The maximum Gasteiger partial charge on any atom is 0.162 e. The van der Waals surface area contributed by atoms with E-state index in [0.717, 1.165) is 21.6 Å². The Hall–Kier alpha value is -2.58. The van der Waals surface area contributed by atoms with Crippen LogP contribution < -0.4 is 9.47 Å². The molecule has 3 aromatic rings. The number of para-hydroxylation sites is 1. The molecule has 0 spiro atoms. The summed E-state index contributed by atoms with van der Waals surface area (Å²) in [4.78, 5) is 0. The third-order valence-electron chi connectivity index (χ3n) is 3.75. The fraction of sp³-hybridized carbons (Fsp3) is 0.167. The molecule has 0 amide bonds. The quantitative estimate of drug-likeness (QED) is 0.673. The molecule has 1 heterocycles. The van der Waals surface area contributed by atoms with Crippen molar-refractivity contribution in [2.24, 2.45) is 0 Å². The van der Waals surface area contributed by atoms with E-state index in [2.05, 4.69) is 10.6 Å². The third kappa shape index (κ3) is 2.41. The molecule has 1 aromatic heterocycles. The summed E-state index contributed by atoms with van der Waals surface area (Å²) in [6.07, 6.45) is 1.98. The predicted molar refractivity (Wildman–Crippen MR) is 92.9 cm³/mol.